The van der Waals surface area contributed by atoms with Crippen LogP contribution in [0.25, 0.3) is 10.4 Å². The second kappa shape index (κ2) is 8.43. The minimum atomic E-state index is 0.606. The SMILES string of the molecule is Cc1cc(C)cc(OCCCCCCN=[N+]=[N-])c1. The van der Waals surface area contributed by atoms with Crippen molar-refractivity contribution in [1.29, 1.82) is 0 Å². The lowest BCUT2D eigenvalue weighted by atomic mass is 10.1. The quantitative estimate of drug-likeness (QED) is 0.287. The van der Waals surface area contributed by atoms with E-state index in [1.165, 1.54) is 11.1 Å². The van der Waals surface area contributed by atoms with E-state index in [-0.39, 0.29) is 0 Å². The van der Waals surface area contributed by atoms with Gasteiger partial charge in [-0.05, 0) is 55.5 Å². The van der Waals surface area contributed by atoms with Gasteiger partial charge in [0.1, 0.15) is 5.75 Å². The lowest BCUT2D eigenvalue weighted by molar-refractivity contribution is 0.304. The highest BCUT2D eigenvalue weighted by Crippen LogP contribution is 2.16. The van der Waals surface area contributed by atoms with Crippen molar-refractivity contribution in [3.05, 3.63) is 39.8 Å². The Morgan fingerprint density at radius 1 is 1.06 bits per heavy atom. The van der Waals surface area contributed by atoms with Crippen LogP contribution in [-0.4, -0.2) is 13.2 Å². The molecule has 0 bridgehead atoms. The fraction of sp³-hybridized carbons (Fsp3) is 0.571. The van der Waals surface area contributed by atoms with Gasteiger partial charge in [-0.25, -0.2) is 0 Å². The van der Waals surface area contributed by atoms with Gasteiger partial charge in [0.05, 0.1) is 6.61 Å². The molecule has 1 aromatic rings. The Kier molecular flexibility index (Phi) is 6.74. The predicted octanol–water partition coefficient (Wildman–Crippen LogP) is 4.55. The van der Waals surface area contributed by atoms with Crippen molar-refractivity contribution >= 4 is 0 Å². The van der Waals surface area contributed by atoms with Gasteiger partial charge in [-0.1, -0.05) is 24.0 Å². The van der Waals surface area contributed by atoms with Gasteiger partial charge < -0.3 is 4.74 Å². The van der Waals surface area contributed by atoms with E-state index in [0.29, 0.717) is 6.54 Å². The molecule has 18 heavy (non-hydrogen) atoms. The summed E-state index contributed by atoms with van der Waals surface area (Å²) in [6, 6.07) is 6.27. The molecular weight excluding hydrogens is 226 g/mol. The van der Waals surface area contributed by atoms with Crippen molar-refractivity contribution in [3.63, 3.8) is 0 Å². The number of ether oxygens (including phenoxy) is 1. The second-order valence-corrected chi connectivity index (χ2v) is 4.54. The molecule has 4 nitrogen and oxygen atoms in total. The van der Waals surface area contributed by atoms with E-state index in [4.69, 9.17) is 10.3 Å². The van der Waals surface area contributed by atoms with Gasteiger partial charge in [-0.3, -0.25) is 0 Å². The Labute approximate surface area is 109 Å². The topological polar surface area (TPSA) is 58.0 Å². The number of unbranched alkanes of at least 4 members (excludes halogenated alkanes) is 3. The number of hydrogen-bond acceptors (Lipinski definition) is 2. The van der Waals surface area contributed by atoms with Crippen LogP contribution in [0.1, 0.15) is 36.8 Å². The van der Waals surface area contributed by atoms with Crippen LogP contribution in [0.2, 0.25) is 0 Å². The van der Waals surface area contributed by atoms with Crippen molar-refractivity contribution < 1.29 is 4.74 Å². The third-order valence-corrected chi connectivity index (χ3v) is 2.68. The molecule has 1 rings (SSSR count). The van der Waals surface area contributed by atoms with Crippen LogP contribution in [0.4, 0.5) is 0 Å². The Morgan fingerprint density at radius 2 is 1.72 bits per heavy atom. The van der Waals surface area contributed by atoms with E-state index >= 15 is 0 Å². The maximum Gasteiger partial charge on any atom is 0.119 e. The molecule has 0 amide bonds. The highest BCUT2D eigenvalue weighted by atomic mass is 16.5. The molecule has 0 atom stereocenters. The van der Waals surface area contributed by atoms with E-state index in [1.54, 1.807) is 0 Å². The van der Waals surface area contributed by atoms with Gasteiger partial charge in [0, 0.05) is 11.5 Å². The molecule has 4 heteroatoms. The fourth-order valence-corrected chi connectivity index (χ4v) is 1.89. The molecule has 1 aromatic carbocycles. The van der Waals surface area contributed by atoms with Gasteiger partial charge in [0.15, 0.2) is 0 Å². The second-order valence-electron chi connectivity index (χ2n) is 4.54. The molecule has 0 radical (unpaired) electrons. The summed E-state index contributed by atoms with van der Waals surface area (Å²) in [5, 5.41) is 3.51. The average Bonchev–Trinajstić information content (AvgIpc) is 2.31. The molecule has 0 aliphatic carbocycles. The monoisotopic (exact) mass is 247 g/mol. The van der Waals surface area contributed by atoms with Crippen LogP contribution < -0.4 is 4.74 Å². The highest BCUT2D eigenvalue weighted by Gasteiger charge is 1.97. The van der Waals surface area contributed by atoms with E-state index in [0.717, 1.165) is 38.0 Å². The fourth-order valence-electron chi connectivity index (χ4n) is 1.89. The first-order chi connectivity index (χ1) is 8.72. The minimum Gasteiger partial charge on any atom is -0.494 e. The molecule has 0 aromatic heterocycles. The van der Waals surface area contributed by atoms with Crippen LogP contribution in [-0.2, 0) is 0 Å². The molecule has 0 spiro atoms. The van der Waals surface area contributed by atoms with Crippen LogP contribution in [0.5, 0.6) is 5.75 Å². The molecule has 0 N–H and O–H groups in total. The van der Waals surface area contributed by atoms with Gasteiger partial charge in [0.25, 0.3) is 0 Å². The van der Waals surface area contributed by atoms with Gasteiger partial charge >= 0.3 is 0 Å². The summed E-state index contributed by atoms with van der Waals surface area (Å²) >= 11 is 0. The Hall–Kier alpha value is -1.67. The highest BCUT2D eigenvalue weighted by molar-refractivity contribution is 5.32. The van der Waals surface area contributed by atoms with Gasteiger partial charge in [-0.2, -0.15) is 0 Å². The van der Waals surface area contributed by atoms with Gasteiger partial charge in [0.2, 0.25) is 0 Å². The number of nitrogens with zero attached hydrogens (tertiary/aromatic N) is 3. The maximum atomic E-state index is 8.12. The number of rotatable bonds is 8. The Bertz CT molecular complexity index is 391. The summed E-state index contributed by atoms with van der Waals surface area (Å²) in [7, 11) is 0. The molecular formula is C14H21N3O. The summed E-state index contributed by atoms with van der Waals surface area (Å²) in [5.74, 6) is 0.960. The number of azide groups is 1. The van der Waals surface area contributed by atoms with Crippen LogP contribution in [0.3, 0.4) is 0 Å². The first kappa shape index (κ1) is 14.4. The normalized spacial score (nSPS) is 9.89. The van der Waals surface area contributed by atoms with E-state index < -0.39 is 0 Å². The molecule has 98 valence electrons. The zero-order valence-corrected chi connectivity index (χ0v) is 11.2. The van der Waals surface area contributed by atoms with Crippen LogP contribution in [0.15, 0.2) is 23.3 Å². The van der Waals surface area contributed by atoms with Crippen molar-refractivity contribution in [2.75, 3.05) is 13.2 Å². The van der Waals surface area contributed by atoms with Crippen molar-refractivity contribution in [2.24, 2.45) is 5.11 Å². The van der Waals surface area contributed by atoms with E-state index in [1.807, 2.05) is 0 Å². The molecule has 0 aliphatic heterocycles. The summed E-state index contributed by atoms with van der Waals surface area (Å²) in [6.45, 7) is 5.52. The molecule has 0 unspecified atom stereocenters. The maximum absolute atomic E-state index is 8.12. The number of aryl methyl sites for hydroxylation is 2. The summed E-state index contributed by atoms with van der Waals surface area (Å²) in [5.41, 5.74) is 10.6. The van der Waals surface area contributed by atoms with Gasteiger partial charge in [-0.15, -0.1) is 0 Å². The molecule has 0 fully saturated rings. The summed E-state index contributed by atoms with van der Waals surface area (Å²) in [4.78, 5) is 2.73. The van der Waals surface area contributed by atoms with Crippen LogP contribution in [0, 0.1) is 13.8 Å². The lowest BCUT2D eigenvalue weighted by Gasteiger charge is -2.08. The number of hydrogen-bond donors (Lipinski definition) is 0. The number of benzene rings is 1. The summed E-state index contributed by atoms with van der Waals surface area (Å²) < 4.78 is 5.71. The third kappa shape index (κ3) is 6.16. The Balaban J connectivity index is 2.12. The zero-order valence-electron chi connectivity index (χ0n) is 11.2. The first-order valence-corrected chi connectivity index (χ1v) is 6.44. The Morgan fingerprint density at radius 3 is 2.39 bits per heavy atom. The van der Waals surface area contributed by atoms with E-state index in [9.17, 15) is 0 Å². The van der Waals surface area contributed by atoms with Crippen molar-refractivity contribution in [1.82, 2.24) is 0 Å². The first-order valence-electron chi connectivity index (χ1n) is 6.44. The molecule has 0 heterocycles. The summed E-state index contributed by atoms with van der Waals surface area (Å²) in [6.07, 6.45) is 4.22. The molecule has 0 saturated heterocycles. The zero-order chi connectivity index (χ0) is 13.2. The standard InChI is InChI=1S/C14H21N3O/c1-12-9-13(2)11-14(10-12)18-8-6-4-3-5-7-16-17-15/h9-11H,3-8H2,1-2H3. The predicted molar refractivity (Wildman–Crippen MR) is 73.9 cm³/mol. The third-order valence-electron chi connectivity index (χ3n) is 2.68. The average molecular weight is 247 g/mol. The lowest BCUT2D eigenvalue weighted by Crippen LogP contribution is -1.98. The van der Waals surface area contributed by atoms with Crippen LogP contribution >= 0.6 is 0 Å². The largest absolute Gasteiger partial charge is 0.494 e. The van der Waals surface area contributed by atoms with Crippen molar-refractivity contribution in [3.8, 4) is 5.75 Å². The van der Waals surface area contributed by atoms with E-state index in [2.05, 4.69) is 42.1 Å². The molecule has 0 saturated carbocycles. The minimum absolute atomic E-state index is 0.606. The smallest absolute Gasteiger partial charge is 0.119 e. The van der Waals surface area contributed by atoms with Crippen molar-refractivity contribution in [2.45, 2.75) is 39.5 Å². The molecule has 0 aliphatic rings.